The van der Waals surface area contributed by atoms with Crippen LogP contribution in [0.2, 0.25) is 5.15 Å². The zero-order valence-electron chi connectivity index (χ0n) is 14.3. The molecule has 0 aliphatic rings. The molecule has 4 rings (SSSR count). The fourth-order valence-corrected chi connectivity index (χ4v) is 3.06. The van der Waals surface area contributed by atoms with Gasteiger partial charge in [0.2, 0.25) is 0 Å². The van der Waals surface area contributed by atoms with Crippen LogP contribution in [0.15, 0.2) is 84.9 Å². The average molecular weight is 368 g/mol. The van der Waals surface area contributed by atoms with Crippen molar-refractivity contribution in [2.24, 2.45) is 0 Å². The van der Waals surface area contributed by atoms with Gasteiger partial charge in [0.25, 0.3) is 0 Å². The van der Waals surface area contributed by atoms with E-state index in [9.17, 15) is 0 Å². The standard InChI is InChI=1S/C23H14ClN3/c24-22-14-21(26-23(27-22)18-5-2-1-3-6-18)20-8-4-7-19(13-20)17-11-9-16(15-25)10-12-17/h1-14H. The van der Waals surface area contributed by atoms with Crippen LogP contribution in [0.4, 0.5) is 0 Å². The van der Waals surface area contributed by atoms with Crippen LogP contribution in [0.1, 0.15) is 5.56 Å². The molecule has 4 aromatic rings. The topological polar surface area (TPSA) is 49.6 Å². The predicted octanol–water partition coefficient (Wildman–Crippen LogP) is 6.00. The normalized spacial score (nSPS) is 10.4. The van der Waals surface area contributed by atoms with Crippen molar-refractivity contribution in [3.05, 3.63) is 95.6 Å². The molecule has 0 aliphatic heterocycles. The Morgan fingerprint density at radius 1 is 0.667 bits per heavy atom. The number of rotatable bonds is 3. The van der Waals surface area contributed by atoms with Crippen LogP contribution in [0.3, 0.4) is 0 Å². The van der Waals surface area contributed by atoms with E-state index < -0.39 is 0 Å². The van der Waals surface area contributed by atoms with E-state index in [1.54, 1.807) is 6.07 Å². The zero-order chi connectivity index (χ0) is 18.6. The lowest BCUT2D eigenvalue weighted by molar-refractivity contribution is 1.18. The summed E-state index contributed by atoms with van der Waals surface area (Å²) in [6.07, 6.45) is 0. The van der Waals surface area contributed by atoms with E-state index in [4.69, 9.17) is 21.8 Å². The van der Waals surface area contributed by atoms with Crippen molar-refractivity contribution in [3.8, 4) is 39.8 Å². The molecular formula is C23H14ClN3. The van der Waals surface area contributed by atoms with Crippen molar-refractivity contribution in [2.75, 3.05) is 0 Å². The number of aromatic nitrogens is 2. The number of benzene rings is 3. The van der Waals surface area contributed by atoms with E-state index in [1.165, 1.54) is 0 Å². The first-order valence-electron chi connectivity index (χ1n) is 8.44. The summed E-state index contributed by atoms with van der Waals surface area (Å²) in [6, 6.07) is 29.3. The van der Waals surface area contributed by atoms with Gasteiger partial charge in [-0.1, -0.05) is 72.3 Å². The summed E-state index contributed by atoms with van der Waals surface area (Å²) >= 11 is 6.26. The number of nitrogens with zero attached hydrogens (tertiary/aromatic N) is 3. The molecule has 128 valence electrons. The van der Waals surface area contributed by atoms with Gasteiger partial charge < -0.3 is 0 Å². The summed E-state index contributed by atoms with van der Waals surface area (Å²) in [5.41, 5.74) is 5.38. The Hall–Kier alpha value is -3.48. The van der Waals surface area contributed by atoms with Crippen LogP contribution in [0, 0.1) is 11.3 Å². The Bertz CT molecular complexity index is 1130. The largest absolute Gasteiger partial charge is 0.228 e. The first-order chi connectivity index (χ1) is 13.2. The van der Waals surface area contributed by atoms with Gasteiger partial charge in [0, 0.05) is 17.2 Å². The molecule has 0 bridgehead atoms. The number of hydrogen-bond acceptors (Lipinski definition) is 3. The maximum atomic E-state index is 8.96. The van der Waals surface area contributed by atoms with E-state index >= 15 is 0 Å². The Kier molecular flexibility index (Phi) is 4.65. The molecule has 0 N–H and O–H groups in total. The van der Waals surface area contributed by atoms with E-state index in [-0.39, 0.29) is 0 Å². The molecule has 0 saturated carbocycles. The summed E-state index contributed by atoms with van der Waals surface area (Å²) < 4.78 is 0. The van der Waals surface area contributed by atoms with Gasteiger partial charge in [0.05, 0.1) is 17.3 Å². The number of halogens is 1. The lowest BCUT2D eigenvalue weighted by atomic mass is 10.0. The van der Waals surface area contributed by atoms with E-state index in [0.717, 1.165) is 27.9 Å². The molecule has 27 heavy (non-hydrogen) atoms. The molecule has 0 aliphatic carbocycles. The lowest BCUT2D eigenvalue weighted by Gasteiger charge is -2.08. The van der Waals surface area contributed by atoms with Crippen LogP contribution in [-0.4, -0.2) is 9.97 Å². The van der Waals surface area contributed by atoms with E-state index in [0.29, 0.717) is 16.5 Å². The summed E-state index contributed by atoms with van der Waals surface area (Å²) in [4.78, 5) is 9.05. The van der Waals surface area contributed by atoms with Crippen LogP contribution < -0.4 is 0 Å². The van der Waals surface area contributed by atoms with Crippen LogP contribution in [0.25, 0.3) is 33.8 Å². The summed E-state index contributed by atoms with van der Waals surface area (Å²) in [7, 11) is 0. The van der Waals surface area contributed by atoms with Crippen molar-refractivity contribution in [1.82, 2.24) is 9.97 Å². The highest BCUT2D eigenvalue weighted by Crippen LogP contribution is 2.28. The molecule has 0 fully saturated rings. The molecular weight excluding hydrogens is 354 g/mol. The third kappa shape index (κ3) is 3.72. The van der Waals surface area contributed by atoms with Gasteiger partial charge in [0.1, 0.15) is 5.15 Å². The monoisotopic (exact) mass is 367 g/mol. The molecule has 3 aromatic carbocycles. The van der Waals surface area contributed by atoms with Crippen LogP contribution in [-0.2, 0) is 0 Å². The van der Waals surface area contributed by atoms with Crippen molar-refractivity contribution < 1.29 is 0 Å². The smallest absolute Gasteiger partial charge is 0.161 e. The SMILES string of the molecule is N#Cc1ccc(-c2cccc(-c3cc(Cl)nc(-c4ccccc4)n3)c2)cc1. The molecule has 3 nitrogen and oxygen atoms in total. The molecule has 0 saturated heterocycles. The first kappa shape index (κ1) is 17.0. The second-order valence-electron chi connectivity index (χ2n) is 6.04. The van der Waals surface area contributed by atoms with E-state index in [2.05, 4.69) is 17.1 Å². The fourth-order valence-electron chi connectivity index (χ4n) is 2.88. The zero-order valence-corrected chi connectivity index (χ0v) is 15.1. The van der Waals surface area contributed by atoms with Gasteiger partial charge in [0.15, 0.2) is 5.82 Å². The Balaban J connectivity index is 1.76. The Labute approximate surface area is 162 Å². The lowest BCUT2D eigenvalue weighted by Crippen LogP contribution is -1.93. The molecule has 0 atom stereocenters. The van der Waals surface area contributed by atoms with Crippen molar-refractivity contribution in [3.63, 3.8) is 0 Å². The number of nitriles is 1. The minimum atomic E-state index is 0.405. The molecule has 0 radical (unpaired) electrons. The minimum absolute atomic E-state index is 0.405. The molecule has 1 aromatic heterocycles. The maximum absolute atomic E-state index is 8.96. The van der Waals surface area contributed by atoms with Crippen molar-refractivity contribution >= 4 is 11.6 Å². The van der Waals surface area contributed by atoms with Gasteiger partial charge >= 0.3 is 0 Å². The molecule has 0 unspecified atom stereocenters. The Morgan fingerprint density at radius 3 is 2.11 bits per heavy atom. The molecule has 0 spiro atoms. The van der Waals surface area contributed by atoms with Crippen LogP contribution in [0.5, 0.6) is 0 Å². The third-order valence-electron chi connectivity index (χ3n) is 4.23. The van der Waals surface area contributed by atoms with Gasteiger partial charge in [-0.05, 0) is 29.3 Å². The van der Waals surface area contributed by atoms with E-state index in [1.807, 2.05) is 72.8 Å². The quantitative estimate of drug-likeness (QED) is 0.417. The van der Waals surface area contributed by atoms with Crippen molar-refractivity contribution in [1.29, 1.82) is 5.26 Å². The highest BCUT2D eigenvalue weighted by atomic mass is 35.5. The maximum Gasteiger partial charge on any atom is 0.161 e. The fraction of sp³-hybridized carbons (Fsp3) is 0. The summed E-state index contributed by atoms with van der Waals surface area (Å²) in [6.45, 7) is 0. The van der Waals surface area contributed by atoms with Gasteiger partial charge in [-0.3, -0.25) is 0 Å². The van der Waals surface area contributed by atoms with Crippen LogP contribution >= 0.6 is 11.6 Å². The predicted molar refractivity (Wildman–Crippen MR) is 108 cm³/mol. The molecule has 0 amide bonds. The van der Waals surface area contributed by atoms with Gasteiger partial charge in [-0.15, -0.1) is 0 Å². The minimum Gasteiger partial charge on any atom is -0.228 e. The number of hydrogen-bond donors (Lipinski definition) is 0. The second-order valence-corrected chi connectivity index (χ2v) is 6.42. The van der Waals surface area contributed by atoms with Gasteiger partial charge in [-0.25, -0.2) is 9.97 Å². The molecule has 1 heterocycles. The summed E-state index contributed by atoms with van der Waals surface area (Å²) in [5, 5.41) is 9.37. The second kappa shape index (κ2) is 7.41. The third-order valence-corrected chi connectivity index (χ3v) is 4.43. The van der Waals surface area contributed by atoms with Gasteiger partial charge in [-0.2, -0.15) is 5.26 Å². The average Bonchev–Trinajstić information content (AvgIpc) is 2.74. The molecule has 4 heteroatoms. The highest BCUT2D eigenvalue weighted by Gasteiger charge is 2.09. The summed E-state index contributed by atoms with van der Waals surface area (Å²) in [5.74, 6) is 0.599. The van der Waals surface area contributed by atoms with Crippen molar-refractivity contribution in [2.45, 2.75) is 0 Å². The Morgan fingerprint density at radius 2 is 1.37 bits per heavy atom. The first-order valence-corrected chi connectivity index (χ1v) is 8.82. The highest BCUT2D eigenvalue weighted by molar-refractivity contribution is 6.29.